The second-order valence-electron chi connectivity index (χ2n) is 40.5. The van der Waals surface area contributed by atoms with Crippen LogP contribution in [0.3, 0.4) is 0 Å². The minimum Gasteiger partial charge on any atom is -0.512 e. The van der Waals surface area contributed by atoms with Gasteiger partial charge in [0, 0.05) is 141 Å². The Hall–Kier alpha value is -9.16. The number of ketones is 4. The summed E-state index contributed by atoms with van der Waals surface area (Å²) in [5.74, 6) is 4.63. The molecule has 16 heteroatoms. The predicted octanol–water partition coefficient (Wildman–Crippen LogP) is 34.2. The zero-order chi connectivity index (χ0) is 100. The van der Waals surface area contributed by atoms with Gasteiger partial charge in [0.2, 0.25) is 0 Å². The van der Waals surface area contributed by atoms with E-state index < -0.39 is 0 Å². The maximum absolute atomic E-state index is 11.7. The third-order valence-electron chi connectivity index (χ3n) is 26.4. The number of pyridine rings is 4. The average molecular weight is 2620 g/mol. The van der Waals surface area contributed by atoms with Gasteiger partial charge in [-0.25, -0.2) is 0 Å². The predicted molar refractivity (Wildman–Crippen MR) is 578 cm³/mol. The van der Waals surface area contributed by atoms with Crippen molar-refractivity contribution in [2.45, 2.75) is 317 Å². The number of benzene rings is 8. The summed E-state index contributed by atoms with van der Waals surface area (Å²) >= 11 is 0. The monoisotopic (exact) mass is 2630 g/mol. The van der Waals surface area contributed by atoms with Gasteiger partial charge >= 0.3 is 0 Å². The van der Waals surface area contributed by atoms with E-state index in [9.17, 15) is 34.5 Å². The van der Waals surface area contributed by atoms with E-state index in [2.05, 4.69) is 250 Å². The normalized spacial score (nSPS) is 14.0. The summed E-state index contributed by atoms with van der Waals surface area (Å²) in [6.07, 6.45) is 31.6. The molecule has 4 heterocycles. The first-order valence-corrected chi connectivity index (χ1v) is 51.2. The number of aromatic nitrogens is 4. The zero-order valence-corrected chi connectivity index (χ0v) is 97.9. The summed E-state index contributed by atoms with van der Waals surface area (Å²) in [5, 5.41) is 41.6. The number of hydrogen-bond acceptors (Lipinski definition) is 12. The van der Waals surface area contributed by atoms with Crippen LogP contribution in [0.15, 0.2) is 217 Å². The zero-order valence-electron chi connectivity index (χ0n) is 88.3. The number of hydrogen-bond donors (Lipinski definition) is 4. The van der Waals surface area contributed by atoms with E-state index >= 15 is 0 Å². The van der Waals surface area contributed by atoms with Gasteiger partial charge in [0.25, 0.3) is 0 Å². The van der Waals surface area contributed by atoms with Gasteiger partial charge in [-0.05, 0) is 235 Å². The number of carbonyl (C=O) groups is 4. The first kappa shape index (κ1) is 123. The standard InChI is InChI=1S/4C22H22N.C13H24O2.C11H20O2.C9H16O2.C5H8O2.4Ir/c3*1-15-11-16(2)13-20(12-15)22-10-8-19-14-18(7-9-21(19)23-22)17-5-3-4-6-17;1-15-11-16(2)13-20(12-15)21-10-9-18-7-8-19(14-22(18)23-21)17-5-3-4-6-17;1-5-10(6-2)12(14)9-13(15)11(7-3)8-4;1-8(2)5-10(12)7-11(13)6-9(3)4;1-6(2)8(10)5-9(11)7(3)4;1-4(6)3-5(2)7;;;;/h4*7-12,14,17H,3-6H2,1-2H3;9-11,14H,5-8H2,1-4H3;7-9,12H,5-6H2,1-4H3;5-7,10H,1-4H3;3,6H,1-2H3;;;;/q4*-1;;;;;;;;. The van der Waals surface area contributed by atoms with Gasteiger partial charge in [0.05, 0.1) is 45.1 Å². The molecule has 0 spiro atoms. The van der Waals surface area contributed by atoms with Gasteiger partial charge in [-0.15, -0.1) is 140 Å². The Labute approximate surface area is 905 Å². The Morgan fingerprint density at radius 2 is 0.613 bits per heavy atom. The summed E-state index contributed by atoms with van der Waals surface area (Å²) in [6, 6.07) is 75.5. The van der Waals surface area contributed by atoms with Crippen molar-refractivity contribution in [1.29, 1.82) is 0 Å². The number of aliphatic hydroxyl groups excluding tert-OH is 4. The van der Waals surface area contributed by atoms with Crippen LogP contribution in [-0.2, 0) is 99.6 Å². The van der Waals surface area contributed by atoms with E-state index in [1.807, 2.05) is 83.1 Å². The van der Waals surface area contributed by atoms with Crippen molar-refractivity contribution >= 4 is 66.7 Å². The van der Waals surface area contributed by atoms with E-state index in [-0.39, 0.29) is 150 Å². The van der Waals surface area contributed by atoms with Crippen LogP contribution in [-0.4, -0.2) is 63.5 Å². The van der Waals surface area contributed by atoms with Gasteiger partial charge in [-0.3, -0.25) is 39.1 Å². The molecule has 0 atom stereocenters. The maximum Gasteiger partial charge on any atom is 0.162 e. The van der Waals surface area contributed by atoms with Crippen LogP contribution in [0.2, 0.25) is 0 Å². The number of carbonyl (C=O) groups excluding carboxylic acids is 4. The molecule has 0 amide bonds. The molecule has 12 aromatic rings. The molecule has 4 fully saturated rings. The summed E-state index contributed by atoms with van der Waals surface area (Å²) < 4.78 is 0. The minimum atomic E-state index is -0.125. The van der Waals surface area contributed by atoms with Crippen LogP contribution < -0.4 is 0 Å². The fourth-order valence-electron chi connectivity index (χ4n) is 19.0. The topological polar surface area (TPSA) is 201 Å². The Morgan fingerprint density at radius 1 is 0.324 bits per heavy atom. The average Bonchev–Trinajstić information content (AvgIpc) is 1.55. The number of aliphatic hydroxyl groups is 4. The third kappa shape index (κ3) is 40.0. The number of allylic oxidation sites excluding steroid dienone is 8. The molecule has 16 rings (SSSR count). The SMILES string of the molecule is CC(=O)C=C(C)O.CC(C)C(=O)C=C(O)C(C)C.CC(C)CC(=O)C=C(O)CC(C)C.CCC(CC)C(=O)C=C(O)C(CC)CC.Cc1[c-]c(-c2ccc3cc(C4CCCC4)ccc3n2)cc(C)c1.Cc1[c-]c(-c2ccc3cc(C4CCCC4)ccc3n2)cc(C)c1.Cc1[c-]c(-c2ccc3cc(C4CCCC4)ccc3n2)cc(C)c1.Cc1[c-]c(-c2ccc3ccc(C4CCCC4)cc3n2)cc(C)c1.[Ir].[Ir].[Ir].[Ir]. The van der Waals surface area contributed by atoms with Crippen molar-refractivity contribution in [3.05, 3.63) is 308 Å². The molecule has 4 aliphatic rings. The van der Waals surface area contributed by atoms with Crippen molar-refractivity contribution in [1.82, 2.24) is 19.9 Å². The van der Waals surface area contributed by atoms with Gasteiger partial charge < -0.3 is 20.4 Å². The molecule has 12 nitrogen and oxygen atoms in total. The Morgan fingerprint density at radius 3 is 0.887 bits per heavy atom. The molecule has 0 aliphatic heterocycles. The number of aryl methyl sites for hydroxylation is 8. The second kappa shape index (κ2) is 62.0. The molecule has 4 aromatic heterocycles. The summed E-state index contributed by atoms with van der Waals surface area (Å²) in [6.45, 7) is 43.1. The summed E-state index contributed by atoms with van der Waals surface area (Å²) in [7, 11) is 0. The van der Waals surface area contributed by atoms with Crippen molar-refractivity contribution < 1.29 is 120 Å². The van der Waals surface area contributed by atoms with Gasteiger partial charge in [-0.2, -0.15) is 0 Å². The Bertz CT molecular complexity index is 5760. The first-order chi connectivity index (χ1) is 65.8. The van der Waals surface area contributed by atoms with Crippen LogP contribution in [0.5, 0.6) is 0 Å². The molecule has 142 heavy (non-hydrogen) atoms. The molecule has 4 saturated carbocycles. The van der Waals surface area contributed by atoms with Crippen molar-refractivity contribution in [3.63, 3.8) is 0 Å². The summed E-state index contributed by atoms with van der Waals surface area (Å²) in [5.41, 5.74) is 28.4. The molecule has 4 radical (unpaired) electrons. The number of fused-ring (bicyclic) bond motifs is 4. The summed E-state index contributed by atoms with van der Waals surface area (Å²) in [4.78, 5) is 63.5. The van der Waals surface area contributed by atoms with Crippen LogP contribution in [0.4, 0.5) is 0 Å². The molecular formula is C126H156Ir4N4O8-4. The maximum atomic E-state index is 11.7. The number of nitrogens with zero attached hydrogens (tertiary/aromatic N) is 4. The van der Waals surface area contributed by atoms with E-state index in [4.69, 9.17) is 25.0 Å². The molecule has 0 unspecified atom stereocenters. The van der Waals surface area contributed by atoms with E-state index in [1.165, 1.54) is 229 Å². The van der Waals surface area contributed by atoms with E-state index in [0.717, 1.165) is 116 Å². The van der Waals surface area contributed by atoms with Crippen LogP contribution in [0.25, 0.3) is 88.6 Å². The molecule has 4 N–H and O–H groups in total. The van der Waals surface area contributed by atoms with E-state index in [0.29, 0.717) is 24.7 Å². The van der Waals surface area contributed by atoms with Crippen LogP contribution in [0.1, 0.15) is 329 Å². The third-order valence-corrected chi connectivity index (χ3v) is 26.4. The molecule has 0 saturated heterocycles. The molecule has 0 bridgehead atoms. The van der Waals surface area contributed by atoms with Crippen LogP contribution in [0, 0.1) is 115 Å². The quantitative estimate of drug-likeness (QED) is 0.0254. The van der Waals surface area contributed by atoms with E-state index in [1.54, 1.807) is 0 Å². The molecule has 8 aromatic carbocycles. The van der Waals surface area contributed by atoms with Gasteiger partial charge in [-0.1, -0.05) is 269 Å². The first-order valence-electron chi connectivity index (χ1n) is 51.2. The fourth-order valence-corrected chi connectivity index (χ4v) is 19.0. The van der Waals surface area contributed by atoms with Crippen molar-refractivity contribution in [2.24, 2.45) is 35.5 Å². The van der Waals surface area contributed by atoms with Gasteiger partial charge in [0.1, 0.15) is 0 Å². The minimum absolute atomic E-state index is 0. The Balaban J connectivity index is 0.000000292. The smallest absolute Gasteiger partial charge is 0.162 e. The largest absolute Gasteiger partial charge is 0.512 e. The number of rotatable bonds is 24. The van der Waals surface area contributed by atoms with Crippen LogP contribution >= 0.6 is 0 Å². The van der Waals surface area contributed by atoms with Crippen molar-refractivity contribution in [3.8, 4) is 45.0 Å². The Kier molecular flexibility index (Phi) is 53.8. The van der Waals surface area contributed by atoms with Crippen molar-refractivity contribution in [2.75, 3.05) is 0 Å². The van der Waals surface area contributed by atoms with Gasteiger partial charge in [0.15, 0.2) is 23.1 Å². The second-order valence-corrected chi connectivity index (χ2v) is 40.5. The molecular weight excluding hydrogens is 2470 g/mol. The fraction of sp³-hybridized carbons (Fsp3) is 0.429. The molecule has 768 valence electrons. The molecule has 4 aliphatic carbocycles.